The number of aromatic nitrogens is 2. The maximum absolute atomic E-state index is 13.9. The highest BCUT2D eigenvalue weighted by Gasteiger charge is 2.16. The predicted molar refractivity (Wildman–Crippen MR) is 78.2 cm³/mol. The van der Waals surface area contributed by atoms with Crippen LogP contribution in [-0.4, -0.2) is 14.8 Å². The lowest BCUT2D eigenvalue weighted by Gasteiger charge is -2.11. The first-order chi connectivity index (χ1) is 9.08. The average molecular weight is 277 g/mol. The molecule has 0 fully saturated rings. The van der Waals surface area contributed by atoms with Crippen LogP contribution in [0.5, 0.6) is 0 Å². The van der Waals surface area contributed by atoms with Crippen molar-refractivity contribution in [3.63, 3.8) is 0 Å². The normalized spacial score (nSPS) is 10.7. The third-order valence-electron chi connectivity index (χ3n) is 3.02. The van der Waals surface area contributed by atoms with Crippen LogP contribution in [0, 0.1) is 5.82 Å². The lowest BCUT2D eigenvalue weighted by Crippen LogP contribution is -2.17. The summed E-state index contributed by atoms with van der Waals surface area (Å²) in [4.78, 5) is 0.0451. The Balaban J connectivity index is 2.68. The zero-order valence-corrected chi connectivity index (χ0v) is 11.8. The van der Waals surface area contributed by atoms with Gasteiger partial charge in [0.15, 0.2) is 0 Å². The molecule has 0 aliphatic carbocycles. The summed E-state index contributed by atoms with van der Waals surface area (Å²) in [5.74, 6) is -0.416. The molecular formula is C14H16FN3S. The third kappa shape index (κ3) is 2.51. The Hall–Kier alpha value is -1.75. The number of hydrogen-bond acceptors (Lipinski definition) is 2. The van der Waals surface area contributed by atoms with E-state index in [0.29, 0.717) is 5.69 Å². The molecule has 0 radical (unpaired) electrons. The average Bonchev–Trinajstić information content (AvgIpc) is 2.81. The Morgan fingerprint density at radius 1 is 1.37 bits per heavy atom. The monoisotopic (exact) mass is 277 g/mol. The molecule has 0 saturated carbocycles. The maximum Gasteiger partial charge on any atom is 0.135 e. The highest BCUT2D eigenvalue weighted by Crippen LogP contribution is 2.20. The maximum atomic E-state index is 13.9. The van der Waals surface area contributed by atoms with Gasteiger partial charge >= 0.3 is 0 Å². The Bertz CT molecular complexity index is 619. The first kappa shape index (κ1) is 13.7. The molecule has 2 rings (SSSR count). The van der Waals surface area contributed by atoms with Crippen LogP contribution in [-0.2, 0) is 12.8 Å². The highest BCUT2D eigenvalue weighted by atomic mass is 32.1. The van der Waals surface area contributed by atoms with E-state index in [4.69, 9.17) is 18.0 Å². The Kier molecular flexibility index (Phi) is 3.95. The van der Waals surface area contributed by atoms with Crippen molar-refractivity contribution in [1.82, 2.24) is 9.78 Å². The molecule has 100 valence electrons. The zero-order valence-electron chi connectivity index (χ0n) is 11.0. The van der Waals surface area contributed by atoms with Crippen LogP contribution in [0.2, 0.25) is 0 Å². The number of nitrogens with two attached hydrogens (primary N) is 1. The molecule has 1 aromatic heterocycles. The van der Waals surface area contributed by atoms with E-state index < -0.39 is 5.82 Å². The molecule has 0 spiro atoms. The van der Waals surface area contributed by atoms with Crippen LogP contribution < -0.4 is 5.73 Å². The topological polar surface area (TPSA) is 43.8 Å². The fourth-order valence-electron chi connectivity index (χ4n) is 2.04. The summed E-state index contributed by atoms with van der Waals surface area (Å²) in [6.45, 7) is 4.07. The molecule has 0 aliphatic heterocycles. The molecule has 3 nitrogen and oxygen atoms in total. The van der Waals surface area contributed by atoms with E-state index in [1.165, 1.54) is 6.07 Å². The first-order valence-corrected chi connectivity index (χ1v) is 6.65. The van der Waals surface area contributed by atoms with Crippen LogP contribution in [0.25, 0.3) is 5.69 Å². The second kappa shape index (κ2) is 5.48. The van der Waals surface area contributed by atoms with Crippen molar-refractivity contribution in [2.45, 2.75) is 26.7 Å². The molecular weight excluding hydrogens is 261 g/mol. The van der Waals surface area contributed by atoms with Crippen molar-refractivity contribution in [2.75, 3.05) is 0 Å². The van der Waals surface area contributed by atoms with E-state index in [-0.39, 0.29) is 10.6 Å². The molecule has 2 aromatic rings. The van der Waals surface area contributed by atoms with Crippen LogP contribution in [0.4, 0.5) is 4.39 Å². The van der Waals surface area contributed by atoms with E-state index in [1.54, 1.807) is 16.8 Å². The molecule has 1 heterocycles. The largest absolute Gasteiger partial charge is 0.389 e. The summed E-state index contributed by atoms with van der Waals surface area (Å²) in [6.07, 6.45) is 1.64. The summed E-state index contributed by atoms with van der Waals surface area (Å²) in [5, 5.41) is 4.49. The van der Waals surface area contributed by atoms with Gasteiger partial charge in [-0.25, -0.2) is 9.07 Å². The van der Waals surface area contributed by atoms with Gasteiger partial charge in [0.05, 0.1) is 16.9 Å². The standard InChI is InChI=1S/C14H16FN3S/c1-3-9-8-10(4-2)18(17-9)12-7-5-6-11(15)13(12)14(16)19/h5-8H,3-4H2,1-2H3,(H2,16,19). The van der Waals surface area contributed by atoms with Crippen molar-refractivity contribution >= 4 is 17.2 Å². The minimum Gasteiger partial charge on any atom is -0.389 e. The smallest absolute Gasteiger partial charge is 0.135 e. The van der Waals surface area contributed by atoms with Crippen molar-refractivity contribution in [1.29, 1.82) is 0 Å². The predicted octanol–water partition coefficient (Wildman–Crippen LogP) is 2.77. The molecule has 5 heteroatoms. The van der Waals surface area contributed by atoms with Gasteiger partial charge in [-0.1, -0.05) is 32.1 Å². The molecule has 1 aromatic carbocycles. The van der Waals surface area contributed by atoms with Gasteiger partial charge < -0.3 is 5.73 Å². The second-order valence-electron chi connectivity index (χ2n) is 4.24. The number of rotatable bonds is 4. The van der Waals surface area contributed by atoms with Gasteiger partial charge in [-0.2, -0.15) is 5.10 Å². The van der Waals surface area contributed by atoms with Crippen LogP contribution >= 0.6 is 12.2 Å². The van der Waals surface area contributed by atoms with Crippen molar-refractivity contribution < 1.29 is 4.39 Å². The van der Waals surface area contributed by atoms with E-state index >= 15 is 0 Å². The lowest BCUT2D eigenvalue weighted by atomic mass is 10.1. The summed E-state index contributed by atoms with van der Waals surface area (Å²) in [6, 6.07) is 6.80. The second-order valence-corrected chi connectivity index (χ2v) is 4.68. The number of hydrogen-bond donors (Lipinski definition) is 1. The van der Waals surface area contributed by atoms with Crippen molar-refractivity contribution in [3.8, 4) is 5.69 Å². The van der Waals surface area contributed by atoms with Gasteiger partial charge in [-0.3, -0.25) is 0 Å². The van der Waals surface area contributed by atoms with Gasteiger partial charge in [0.1, 0.15) is 10.8 Å². The summed E-state index contributed by atoms with van der Waals surface area (Å²) in [5.41, 5.74) is 8.46. The molecule has 0 amide bonds. The summed E-state index contributed by atoms with van der Waals surface area (Å²) in [7, 11) is 0. The van der Waals surface area contributed by atoms with Gasteiger partial charge in [-0.05, 0) is 31.0 Å². The van der Waals surface area contributed by atoms with E-state index in [1.807, 2.05) is 19.9 Å². The van der Waals surface area contributed by atoms with Gasteiger partial charge in [-0.15, -0.1) is 0 Å². The minimum absolute atomic E-state index is 0.0451. The first-order valence-electron chi connectivity index (χ1n) is 6.25. The Morgan fingerprint density at radius 3 is 2.68 bits per heavy atom. The molecule has 0 atom stereocenters. The van der Waals surface area contributed by atoms with Crippen LogP contribution in [0.1, 0.15) is 30.8 Å². The number of halogens is 1. The summed E-state index contributed by atoms with van der Waals surface area (Å²) >= 11 is 4.95. The fourth-order valence-corrected chi connectivity index (χ4v) is 2.24. The number of benzene rings is 1. The third-order valence-corrected chi connectivity index (χ3v) is 3.23. The van der Waals surface area contributed by atoms with Crippen LogP contribution in [0.3, 0.4) is 0 Å². The minimum atomic E-state index is -0.416. The number of nitrogens with zero attached hydrogens (tertiary/aromatic N) is 2. The molecule has 0 bridgehead atoms. The highest BCUT2D eigenvalue weighted by molar-refractivity contribution is 7.80. The molecule has 19 heavy (non-hydrogen) atoms. The zero-order chi connectivity index (χ0) is 14.0. The van der Waals surface area contributed by atoms with E-state index in [0.717, 1.165) is 24.2 Å². The molecule has 0 saturated heterocycles. The van der Waals surface area contributed by atoms with E-state index in [2.05, 4.69) is 5.10 Å². The molecule has 2 N–H and O–H groups in total. The number of thiocarbonyl (C=S) groups is 1. The SMILES string of the molecule is CCc1cc(CC)n(-c2cccc(F)c2C(N)=S)n1. The van der Waals surface area contributed by atoms with Gasteiger partial charge in [0.2, 0.25) is 0 Å². The molecule has 0 aliphatic rings. The fraction of sp³-hybridized carbons (Fsp3) is 0.286. The molecule has 0 unspecified atom stereocenters. The van der Waals surface area contributed by atoms with Gasteiger partial charge in [0.25, 0.3) is 0 Å². The van der Waals surface area contributed by atoms with Crippen molar-refractivity contribution in [3.05, 3.63) is 47.0 Å². The van der Waals surface area contributed by atoms with Crippen molar-refractivity contribution in [2.24, 2.45) is 5.73 Å². The lowest BCUT2D eigenvalue weighted by molar-refractivity contribution is 0.622. The summed E-state index contributed by atoms with van der Waals surface area (Å²) < 4.78 is 15.6. The Morgan fingerprint density at radius 2 is 2.11 bits per heavy atom. The Labute approximate surface area is 117 Å². The van der Waals surface area contributed by atoms with E-state index in [9.17, 15) is 4.39 Å². The van der Waals surface area contributed by atoms with Gasteiger partial charge in [0, 0.05) is 5.69 Å². The number of aryl methyl sites for hydroxylation is 2. The van der Waals surface area contributed by atoms with Crippen LogP contribution in [0.15, 0.2) is 24.3 Å². The quantitative estimate of drug-likeness (QED) is 0.874.